The molecule has 0 saturated carbocycles. The Morgan fingerprint density at radius 1 is 1.33 bits per heavy atom. The molecule has 0 unspecified atom stereocenters. The molecule has 2 heterocycles. The second-order valence-electron chi connectivity index (χ2n) is 1.50. The Kier molecular flexibility index (Phi) is 0.717. The van der Waals surface area contributed by atoms with Gasteiger partial charge in [0, 0.05) is 0 Å². The van der Waals surface area contributed by atoms with Gasteiger partial charge in [0.15, 0.2) is 5.52 Å². The number of nitrogens with zero attached hydrogens (tertiary/aromatic N) is 4. The molecule has 0 aromatic carbocycles. The fraction of sp³-hybridized carbons (Fsp3) is 0. The standard InChI is InChI=1S/C4H2N4O/c1-2-5-6-4-3(1)7-9-8-4/h1-2H. The highest BCUT2D eigenvalue weighted by Gasteiger charge is 1.96. The molecular formula is C4H2N4O. The van der Waals surface area contributed by atoms with Gasteiger partial charge in [-0.05, 0) is 16.4 Å². The van der Waals surface area contributed by atoms with Gasteiger partial charge < -0.3 is 0 Å². The minimum Gasteiger partial charge on any atom is -0.242 e. The van der Waals surface area contributed by atoms with Crippen LogP contribution in [-0.2, 0) is 0 Å². The van der Waals surface area contributed by atoms with Gasteiger partial charge in [0.1, 0.15) is 0 Å². The van der Waals surface area contributed by atoms with Crippen LogP contribution in [-0.4, -0.2) is 20.5 Å². The average molecular weight is 122 g/mol. The van der Waals surface area contributed by atoms with Crippen LogP contribution in [0.2, 0.25) is 0 Å². The molecule has 5 nitrogen and oxygen atoms in total. The van der Waals surface area contributed by atoms with Crippen molar-refractivity contribution in [2.24, 2.45) is 0 Å². The van der Waals surface area contributed by atoms with Crippen LogP contribution in [0.4, 0.5) is 0 Å². The fourth-order valence-corrected chi connectivity index (χ4v) is 0.557. The molecule has 0 atom stereocenters. The average Bonchev–Trinajstić information content (AvgIpc) is 2.33. The van der Waals surface area contributed by atoms with Gasteiger partial charge in [0.2, 0.25) is 5.65 Å². The van der Waals surface area contributed by atoms with E-state index in [1.54, 1.807) is 6.07 Å². The van der Waals surface area contributed by atoms with E-state index in [2.05, 4.69) is 25.1 Å². The van der Waals surface area contributed by atoms with Crippen molar-refractivity contribution in [1.29, 1.82) is 0 Å². The van der Waals surface area contributed by atoms with Crippen LogP contribution < -0.4 is 0 Å². The van der Waals surface area contributed by atoms with Crippen LogP contribution in [0.5, 0.6) is 0 Å². The minimum absolute atomic E-state index is 0.442. The summed E-state index contributed by atoms with van der Waals surface area (Å²) in [5.41, 5.74) is 1.07. The molecule has 0 radical (unpaired) electrons. The van der Waals surface area contributed by atoms with Crippen LogP contribution in [0, 0.1) is 0 Å². The molecular weight excluding hydrogens is 120 g/mol. The van der Waals surface area contributed by atoms with E-state index in [1.807, 2.05) is 0 Å². The summed E-state index contributed by atoms with van der Waals surface area (Å²) >= 11 is 0. The van der Waals surface area contributed by atoms with Crippen molar-refractivity contribution in [3.63, 3.8) is 0 Å². The van der Waals surface area contributed by atoms with Gasteiger partial charge in [-0.25, -0.2) is 4.63 Å². The Labute approximate surface area is 49.7 Å². The van der Waals surface area contributed by atoms with E-state index in [9.17, 15) is 0 Å². The maximum Gasteiger partial charge on any atom is 0.245 e. The summed E-state index contributed by atoms with van der Waals surface area (Å²) in [7, 11) is 0. The van der Waals surface area contributed by atoms with Gasteiger partial charge in [0.05, 0.1) is 6.20 Å². The predicted octanol–water partition coefficient (Wildman–Crippen LogP) is 0.0128. The first-order chi connectivity index (χ1) is 4.47. The van der Waals surface area contributed by atoms with Crippen molar-refractivity contribution < 1.29 is 4.63 Å². The summed E-state index contributed by atoms with van der Waals surface area (Å²) in [5, 5.41) is 14.2. The zero-order valence-corrected chi connectivity index (χ0v) is 4.35. The maximum absolute atomic E-state index is 4.36. The summed E-state index contributed by atoms with van der Waals surface area (Å²) in [5.74, 6) is 0. The Bertz CT molecular complexity index is 287. The van der Waals surface area contributed by atoms with Crippen LogP contribution in [0.1, 0.15) is 0 Å². The minimum atomic E-state index is 0.442. The molecule has 0 N–H and O–H groups in total. The van der Waals surface area contributed by atoms with E-state index in [1.165, 1.54) is 6.20 Å². The van der Waals surface area contributed by atoms with E-state index in [4.69, 9.17) is 0 Å². The normalized spacial score (nSPS) is 10.2. The summed E-state index contributed by atoms with van der Waals surface area (Å²) in [6.45, 7) is 0. The first-order valence-corrected chi connectivity index (χ1v) is 2.37. The van der Waals surface area contributed by atoms with Gasteiger partial charge in [-0.3, -0.25) is 0 Å². The number of rotatable bonds is 0. The Hall–Kier alpha value is -1.52. The van der Waals surface area contributed by atoms with Crippen molar-refractivity contribution in [1.82, 2.24) is 20.5 Å². The highest BCUT2D eigenvalue weighted by molar-refractivity contribution is 5.66. The lowest BCUT2D eigenvalue weighted by atomic mass is 10.5. The summed E-state index contributed by atoms with van der Waals surface area (Å²) in [6, 6.07) is 1.68. The molecule has 0 aliphatic heterocycles. The molecule has 0 spiro atoms. The molecule has 5 heteroatoms. The van der Waals surface area contributed by atoms with Crippen molar-refractivity contribution in [3.05, 3.63) is 12.3 Å². The van der Waals surface area contributed by atoms with Crippen molar-refractivity contribution in [3.8, 4) is 0 Å². The lowest BCUT2D eigenvalue weighted by Crippen LogP contribution is -1.78. The fourth-order valence-electron chi connectivity index (χ4n) is 0.557. The van der Waals surface area contributed by atoms with E-state index >= 15 is 0 Å². The van der Waals surface area contributed by atoms with Crippen molar-refractivity contribution in [2.45, 2.75) is 0 Å². The predicted molar refractivity (Wildman–Crippen MR) is 27.4 cm³/mol. The summed E-state index contributed by atoms with van der Waals surface area (Å²) in [6.07, 6.45) is 1.53. The number of hydrogen-bond donors (Lipinski definition) is 0. The van der Waals surface area contributed by atoms with Gasteiger partial charge in [-0.15, -0.1) is 5.10 Å². The SMILES string of the molecule is c1cc2nonc2nn1. The Balaban J connectivity index is 2.95. The Morgan fingerprint density at radius 3 is 3.22 bits per heavy atom. The zero-order valence-electron chi connectivity index (χ0n) is 4.35. The number of aromatic nitrogens is 4. The lowest BCUT2D eigenvalue weighted by Gasteiger charge is -1.74. The second kappa shape index (κ2) is 1.48. The number of hydrogen-bond acceptors (Lipinski definition) is 5. The van der Waals surface area contributed by atoms with Crippen molar-refractivity contribution >= 4 is 11.2 Å². The van der Waals surface area contributed by atoms with E-state index in [-0.39, 0.29) is 0 Å². The summed E-state index contributed by atoms with van der Waals surface area (Å²) < 4.78 is 4.36. The Morgan fingerprint density at radius 2 is 2.33 bits per heavy atom. The lowest BCUT2D eigenvalue weighted by molar-refractivity contribution is 0.314. The zero-order chi connectivity index (χ0) is 6.10. The molecule has 2 aromatic rings. The second-order valence-corrected chi connectivity index (χ2v) is 1.50. The maximum atomic E-state index is 4.36. The topological polar surface area (TPSA) is 64.7 Å². The monoisotopic (exact) mass is 122 g/mol. The van der Waals surface area contributed by atoms with Crippen LogP contribution in [0.3, 0.4) is 0 Å². The molecule has 2 rings (SSSR count). The third kappa shape index (κ3) is 0.543. The van der Waals surface area contributed by atoms with Gasteiger partial charge in [-0.1, -0.05) is 0 Å². The molecule has 0 fully saturated rings. The molecule has 2 aromatic heterocycles. The van der Waals surface area contributed by atoms with Crippen molar-refractivity contribution in [2.75, 3.05) is 0 Å². The molecule has 0 bridgehead atoms. The van der Waals surface area contributed by atoms with Crippen LogP contribution >= 0.6 is 0 Å². The van der Waals surface area contributed by atoms with E-state index in [0.717, 1.165) is 0 Å². The number of fused-ring (bicyclic) bond motifs is 1. The molecule has 0 amide bonds. The largest absolute Gasteiger partial charge is 0.245 e. The van der Waals surface area contributed by atoms with E-state index < -0.39 is 0 Å². The molecule has 0 saturated heterocycles. The summed E-state index contributed by atoms with van der Waals surface area (Å²) in [4.78, 5) is 0. The van der Waals surface area contributed by atoms with Crippen LogP contribution in [0.15, 0.2) is 16.9 Å². The van der Waals surface area contributed by atoms with Gasteiger partial charge >= 0.3 is 0 Å². The quantitative estimate of drug-likeness (QED) is 0.492. The van der Waals surface area contributed by atoms with E-state index in [0.29, 0.717) is 11.2 Å². The third-order valence-electron chi connectivity index (χ3n) is 0.947. The molecule has 0 aliphatic carbocycles. The smallest absolute Gasteiger partial charge is 0.242 e. The van der Waals surface area contributed by atoms with Crippen LogP contribution in [0.25, 0.3) is 11.2 Å². The highest BCUT2D eigenvalue weighted by Crippen LogP contribution is 1.99. The molecule has 9 heavy (non-hydrogen) atoms. The molecule has 0 aliphatic rings. The first-order valence-electron chi connectivity index (χ1n) is 2.37. The molecule has 44 valence electrons. The highest BCUT2D eigenvalue weighted by atomic mass is 16.6. The van der Waals surface area contributed by atoms with Gasteiger partial charge in [0.25, 0.3) is 0 Å². The third-order valence-corrected chi connectivity index (χ3v) is 0.947. The first kappa shape index (κ1) is 4.37. The van der Waals surface area contributed by atoms with Gasteiger partial charge in [-0.2, -0.15) is 5.10 Å².